The van der Waals surface area contributed by atoms with Crippen molar-refractivity contribution in [3.8, 4) is 0 Å². The van der Waals surface area contributed by atoms with Crippen LogP contribution < -0.4 is 10.6 Å². The third-order valence-electron chi connectivity index (χ3n) is 2.58. The van der Waals surface area contributed by atoms with Crippen LogP contribution in [0.2, 0.25) is 0 Å². The highest BCUT2D eigenvalue weighted by molar-refractivity contribution is 5.93. The minimum absolute atomic E-state index is 0.0885. The Labute approximate surface area is 111 Å². The summed E-state index contributed by atoms with van der Waals surface area (Å²) in [6, 6.07) is 16.5. The molecule has 2 N–H and O–H groups in total. The maximum absolute atomic E-state index is 11.8. The average molecular weight is 254 g/mol. The van der Waals surface area contributed by atoms with Crippen LogP contribution in [0.15, 0.2) is 54.6 Å². The number of amides is 2. The Hall–Kier alpha value is -2.62. The van der Waals surface area contributed by atoms with Crippen molar-refractivity contribution < 1.29 is 9.59 Å². The van der Waals surface area contributed by atoms with Crippen molar-refractivity contribution in [3.05, 3.63) is 60.2 Å². The molecule has 0 aliphatic carbocycles. The van der Waals surface area contributed by atoms with E-state index < -0.39 is 0 Å². The van der Waals surface area contributed by atoms with Crippen LogP contribution in [0, 0.1) is 0 Å². The molecule has 4 nitrogen and oxygen atoms in total. The molecule has 96 valence electrons. The van der Waals surface area contributed by atoms with Gasteiger partial charge in [-0.25, -0.2) is 0 Å². The number of hydrogen-bond donors (Lipinski definition) is 2. The molecule has 19 heavy (non-hydrogen) atoms. The fraction of sp³-hybridized carbons (Fsp3) is 0.0667. The fourth-order valence-electron chi connectivity index (χ4n) is 1.74. The number of anilines is 2. The maximum atomic E-state index is 11.8. The first-order valence-electron chi connectivity index (χ1n) is 5.92. The van der Waals surface area contributed by atoms with Crippen LogP contribution in [0.3, 0.4) is 0 Å². The highest BCUT2D eigenvalue weighted by Crippen LogP contribution is 2.14. The van der Waals surface area contributed by atoms with Gasteiger partial charge in [0, 0.05) is 11.4 Å². The van der Waals surface area contributed by atoms with Crippen molar-refractivity contribution in [2.24, 2.45) is 0 Å². The van der Waals surface area contributed by atoms with Crippen molar-refractivity contribution >= 4 is 23.7 Å². The number of nitrogens with one attached hydrogen (secondary N) is 2. The van der Waals surface area contributed by atoms with Crippen LogP contribution in [0.5, 0.6) is 0 Å². The second-order valence-electron chi connectivity index (χ2n) is 4.05. The molecule has 0 fully saturated rings. The Morgan fingerprint density at radius 3 is 2.47 bits per heavy atom. The lowest BCUT2D eigenvalue weighted by molar-refractivity contribution is -0.115. The van der Waals surface area contributed by atoms with Gasteiger partial charge >= 0.3 is 0 Å². The number of rotatable bonds is 5. The van der Waals surface area contributed by atoms with Gasteiger partial charge in [-0.3, -0.25) is 9.59 Å². The van der Waals surface area contributed by atoms with E-state index >= 15 is 0 Å². The van der Waals surface area contributed by atoms with Gasteiger partial charge in [-0.2, -0.15) is 0 Å². The van der Waals surface area contributed by atoms with Crippen LogP contribution in [-0.4, -0.2) is 12.3 Å². The second-order valence-corrected chi connectivity index (χ2v) is 4.05. The van der Waals surface area contributed by atoms with E-state index in [0.29, 0.717) is 24.2 Å². The predicted octanol–water partition coefficient (Wildman–Crippen LogP) is 2.44. The van der Waals surface area contributed by atoms with Gasteiger partial charge in [0.15, 0.2) is 0 Å². The molecule has 0 atom stereocenters. The summed E-state index contributed by atoms with van der Waals surface area (Å²) in [5.41, 5.74) is 2.27. The first-order valence-corrected chi connectivity index (χ1v) is 5.92. The molecule has 0 heterocycles. The average Bonchev–Trinajstić information content (AvgIpc) is 2.40. The summed E-state index contributed by atoms with van der Waals surface area (Å²) in [5.74, 6) is -0.0885. The highest BCUT2D eigenvalue weighted by atomic mass is 16.1. The zero-order valence-corrected chi connectivity index (χ0v) is 10.3. The standard InChI is InChI=1S/C15H14N2O2/c18-11-16-13-7-4-8-14(10-13)17-15(19)9-12-5-2-1-3-6-12/h1-8,10-11H,9H2,(H,16,18)(H,17,19). The van der Waals surface area contributed by atoms with E-state index in [-0.39, 0.29) is 5.91 Å². The van der Waals surface area contributed by atoms with Gasteiger partial charge < -0.3 is 10.6 Å². The summed E-state index contributed by atoms with van der Waals surface area (Å²) in [6.07, 6.45) is 0.928. The van der Waals surface area contributed by atoms with Gasteiger partial charge in [0.1, 0.15) is 0 Å². The fourth-order valence-corrected chi connectivity index (χ4v) is 1.74. The van der Waals surface area contributed by atoms with Crippen molar-refractivity contribution in [2.45, 2.75) is 6.42 Å². The van der Waals surface area contributed by atoms with Crippen molar-refractivity contribution in [1.82, 2.24) is 0 Å². The minimum atomic E-state index is -0.0885. The van der Waals surface area contributed by atoms with Gasteiger partial charge in [0.25, 0.3) is 0 Å². The number of carbonyl (C=O) groups is 2. The smallest absolute Gasteiger partial charge is 0.228 e. The van der Waals surface area contributed by atoms with E-state index in [2.05, 4.69) is 10.6 Å². The van der Waals surface area contributed by atoms with E-state index in [4.69, 9.17) is 0 Å². The molecular formula is C15H14N2O2. The van der Waals surface area contributed by atoms with E-state index in [1.807, 2.05) is 30.3 Å². The van der Waals surface area contributed by atoms with Crippen LogP contribution in [0.1, 0.15) is 5.56 Å². The van der Waals surface area contributed by atoms with Gasteiger partial charge in [-0.05, 0) is 23.8 Å². The number of hydrogen-bond acceptors (Lipinski definition) is 2. The summed E-state index contributed by atoms with van der Waals surface area (Å²) >= 11 is 0. The molecule has 2 amide bonds. The largest absolute Gasteiger partial charge is 0.329 e. The van der Waals surface area contributed by atoms with Gasteiger partial charge in [0.05, 0.1) is 6.42 Å². The molecule has 0 radical (unpaired) electrons. The van der Waals surface area contributed by atoms with Crippen molar-refractivity contribution in [3.63, 3.8) is 0 Å². The van der Waals surface area contributed by atoms with E-state index in [1.165, 1.54) is 0 Å². The zero-order valence-electron chi connectivity index (χ0n) is 10.3. The molecule has 0 aliphatic rings. The molecule has 0 spiro atoms. The minimum Gasteiger partial charge on any atom is -0.329 e. The third-order valence-corrected chi connectivity index (χ3v) is 2.58. The van der Waals surface area contributed by atoms with Crippen LogP contribution in [0.25, 0.3) is 0 Å². The topological polar surface area (TPSA) is 58.2 Å². The Morgan fingerprint density at radius 1 is 1.00 bits per heavy atom. The quantitative estimate of drug-likeness (QED) is 0.805. The summed E-state index contributed by atoms with van der Waals surface area (Å²) < 4.78 is 0. The Balaban J connectivity index is 1.99. The monoisotopic (exact) mass is 254 g/mol. The van der Waals surface area contributed by atoms with Crippen molar-refractivity contribution in [2.75, 3.05) is 10.6 Å². The van der Waals surface area contributed by atoms with E-state index in [9.17, 15) is 9.59 Å². The Kier molecular flexibility index (Phi) is 4.29. The maximum Gasteiger partial charge on any atom is 0.228 e. The molecular weight excluding hydrogens is 240 g/mol. The SMILES string of the molecule is O=CNc1cccc(NC(=O)Cc2ccccc2)c1. The molecule has 2 aromatic rings. The molecule has 2 rings (SSSR count). The van der Waals surface area contributed by atoms with Crippen molar-refractivity contribution in [1.29, 1.82) is 0 Å². The second kappa shape index (κ2) is 6.35. The zero-order chi connectivity index (χ0) is 13.5. The lowest BCUT2D eigenvalue weighted by Gasteiger charge is -2.07. The first kappa shape index (κ1) is 12.8. The molecule has 0 bridgehead atoms. The lowest BCUT2D eigenvalue weighted by atomic mass is 10.1. The summed E-state index contributed by atoms with van der Waals surface area (Å²) in [6.45, 7) is 0. The van der Waals surface area contributed by atoms with Gasteiger partial charge in [-0.1, -0.05) is 36.4 Å². The van der Waals surface area contributed by atoms with E-state index in [1.54, 1.807) is 24.3 Å². The molecule has 2 aromatic carbocycles. The Morgan fingerprint density at radius 2 is 1.74 bits per heavy atom. The number of carbonyl (C=O) groups excluding carboxylic acids is 2. The molecule has 4 heteroatoms. The van der Waals surface area contributed by atoms with Crippen LogP contribution in [-0.2, 0) is 16.0 Å². The van der Waals surface area contributed by atoms with Crippen LogP contribution in [0.4, 0.5) is 11.4 Å². The van der Waals surface area contributed by atoms with Gasteiger partial charge in [-0.15, -0.1) is 0 Å². The van der Waals surface area contributed by atoms with Gasteiger partial charge in [0.2, 0.25) is 12.3 Å². The normalized spacial score (nSPS) is 9.68. The summed E-state index contributed by atoms with van der Waals surface area (Å²) in [5, 5.41) is 5.33. The molecule has 0 unspecified atom stereocenters. The van der Waals surface area contributed by atoms with Crippen LogP contribution >= 0.6 is 0 Å². The number of benzene rings is 2. The lowest BCUT2D eigenvalue weighted by Crippen LogP contribution is -2.14. The molecule has 0 saturated carbocycles. The highest BCUT2D eigenvalue weighted by Gasteiger charge is 2.04. The third kappa shape index (κ3) is 3.96. The summed E-state index contributed by atoms with van der Waals surface area (Å²) in [4.78, 5) is 22.2. The Bertz CT molecular complexity index is 567. The molecule has 0 aliphatic heterocycles. The summed E-state index contributed by atoms with van der Waals surface area (Å²) in [7, 11) is 0. The molecule has 0 aromatic heterocycles. The predicted molar refractivity (Wildman–Crippen MR) is 74.9 cm³/mol. The first-order chi connectivity index (χ1) is 9.28. The molecule has 0 saturated heterocycles. The van der Waals surface area contributed by atoms with E-state index in [0.717, 1.165) is 5.56 Å².